The standard InChI is InChI=1S/C21H44O4Si2/c1-13-16(2)19-24-17(14-22-26(9,10)20(3,4)5)18(25-19)15-23-27(11,12)21(6,7)8/h13,17-19H,14-15H2,1-12H3/b16-13+/t17-,18-/m1/s1. The van der Waals surface area contributed by atoms with Crippen LogP contribution in [0.4, 0.5) is 0 Å². The number of rotatable bonds is 7. The lowest BCUT2D eigenvalue weighted by Crippen LogP contribution is -2.46. The average Bonchev–Trinajstić information content (AvgIpc) is 2.91. The van der Waals surface area contributed by atoms with Gasteiger partial charge in [0.25, 0.3) is 0 Å². The molecule has 0 aromatic carbocycles. The summed E-state index contributed by atoms with van der Waals surface area (Å²) in [7, 11) is -3.66. The number of hydrogen-bond donors (Lipinski definition) is 0. The van der Waals surface area contributed by atoms with E-state index in [9.17, 15) is 0 Å². The van der Waals surface area contributed by atoms with Gasteiger partial charge in [-0.3, -0.25) is 0 Å². The van der Waals surface area contributed by atoms with Gasteiger partial charge in [-0.2, -0.15) is 0 Å². The van der Waals surface area contributed by atoms with E-state index in [0.717, 1.165) is 5.57 Å². The van der Waals surface area contributed by atoms with Crippen LogP contribution in [0.2, 0.25) is 36.3 Å². The maximum atomic E-state index is 6.44. The molecule has 0 spiro atoms. The first kappa shape index (κ1) is 25.1. The summed E-state index contributed by atoms with van der Waals surface area (Å²) in [5, 5.41) is 0.358. The fourth-order valence-corrected chi connectivity index (χ4v) is 4.21. The second-order valence-electron chi connectivity index (χ2n) is 10.9. The summed E-state index contributed by atoms with van der Waals surface area (Å²) in [4.78, 5) is 0. The van der Waals surface area contributed by atoms with Crippen molar-refractivity contribution in [2.24, 2.45) is 0 Å². The highest BCUT2D eigenvalue weighted by molar-refractivity contribution is 6.74. The van der Waals surface area contributed by atoms with Crippen LogP contribution in [0.25, 0.3) is 0 Å². The van der Waals surface area contributed by atoms with E-state index in [1.54, 1.807) is 0 Å². The Labute approximate surface area is 170 Å². The van der Waals surface area contributed by atoms with Gasteiger partial charge in [0.05, 0.1) is 13.2 Å². The van der Waals surface area contributed by atoms with Crippen LogP contribution in [0.15, 0.2) is 11.6 Å². The monoisotopic (exact) mass is 416 g/mol. The molecule has 2 atom stereocenters. The van der Waals surface area contributed by atoms with Crippen LogP contribution in [0.1, 0.15) is 55.4 Å². The van der Waals surface area contributed by atoms with Crippen LogP contribution in [0.5, 0.6) is 0 Å². The Morgan fingerprint density at radius 2 is 1.15 bits per heavy atom. The first-order valence-electron chi connectivity index (χ1n) is 10.2. The highest BCUT2D eigenvalue weighted by Gasteiger charge is 2.44. The Hall–Kier alpha value is 0.0138. The molecule has 160 valence electrons. The summed E-state index contributed by atoms with van der Waals surface area (Å²) in [5.41, 5.74) is 1.10. The van der Waals surface area contributed by atoms with Crippen LogP contribution < -0.4 is 0 Å². The van der Waals surface area contributed by atoms with Gasteiger partial charge in [-0.1, -0.05) is 47.6 Å². The zero-order valence-electron chi connectivity index (χ0n) is 19.9. The minimum Gasteiger partial charge on any atom is -0.414 e. The maximum Gasteiger partial charge on any atom is 0.192 e. The fourth-order valence-electron chi connectivity index (χ4n) is 2.18. The Morgan fingerprint density at radius 3 is 1.41 bits per heavy atom. The van der Waals surface area contributed by atoms with Crippen molar-refractivity contribution in [2.45, 2.75) is 110 Å². The van der Waals surface area contributed by atoms with Gasteiger partial charge in [0.1, 0.15) is 12.2 Å². The minimum atomic E-state index is -1.83. The topological polar surface area (TPSA) is 36.9 Å². The zero-order valence-corrected chi connectivity index (χ0v) is 21.9. The van der Waals surface area contributed by atoms with Crippen molar-refractivity contribution in [1.29, 1.82) is 0 Å². The molecule has 0 radical (unpaired) electrons. The van der Waals surface area contributed by atoms with Crippen molar-refractivity contribution in [3.8, 4) is 0 Å². The molecule has 0 aromatic heterocycles. The van der Waals surface area contributed by atoms with E-state index < -0.39 is 16.6 Å². The number of allylic oxidation sites excluding steroid dienone is 1. The SMILES string of the molecule is C/C=C(\C)C1O[C@H](CO[Si](C)(C)C(C)(C)C)[C@@H](CO[Si](C)(C)C(C)(C)C)O1. The van der Waals surface area contributed by atoms with Crippen molar-refractivity contribution < 1.29 is 18.3 Å². The van der Waals surface area contributed by atoms with E-state index in [4.69, 9.17) is 18.3 Å². The maximum absolute atomic E-state index is 6.44. The average molecular weight is 417 g/mol. The quantitative estimate of drug-likeness (QED) is 0.371. The summed E-state index contributed by atoms with van der Waals surface area (Å²) >= 11 is 0. The molecular weight excluding hydrogens is 372 g/mol. The molecule has 0 saturated carbocycles. The smallest absolute Gasteiger partial charge is 0.192 e. The van der Waals surface area contributed by atoms with Crippen molar-refractivity contribution in [2.75, 3.05) is 13.2 Å². The molecule has 0 unspecified atom stereocenters. The highest BCUT2D eigenvalue weighted by Crippen LogP contribution is 2.39. The molecule has 27 heavy (non-hydrogen) atoms. The number of ether oxygens (including phenoxy) is 2. The van der Waals surface area contributed by atoms with E-state index in [-0.39, 0.29) is 28.6 Å². The number of hydrogen-bond acceptors (Lipinski definition) is 4. The van der Waals surface area contributed by atoms with Crippen LogP contribution in [0.3, 0.4) is 0 Å². The second-order valence-corrected chi connectivity index (χ2v) is 20.5. The van der Waals surface area contributed by atoms with E-state index in [1.165, 1.54) is 0 Å². The van der Waals surface area contributed by atoms with E-state index >= 15 is 0 Å². The van der Waals surface area contributed by atoms with Gasteiger partial charge < -0.3 is 18.3 Å². The molecular formula is C21H44O4Si2. The fraction of sp³-hybridized carbons (Fsp3) is 0.905. The van der Waals surface area contributed by atoms with Crippen molar-refractivity contribution >= 4 is 16.6 Å². The largest absolute Gasteiger partial charge is 0.414 e. The molecule has 1 fully saturated rings. The Balaban J connectivity index is 2.85. The van der Waals surface area contributed by atoms with E-state index in [2.05, 4.69) is 67.7 Å². The van der Waals surface area contributed by atoms with Gasteiger partial charge in [0, 0.05) is 0 Å². The summed E-state index contributed by atoms with van der Waals surface area (Å²) < 4.78 is 25.3. The molecule has 0 bridgehead atoms. The summed E-state index contributed by atoms with van der Waals surface area (Å²) in [6.07, 6.45) is 1.57. The molecule has 1 heterocycles. The van der Waals surface area contributed by atoms with Gasteiger partial charge in [-0.05, 0) is 55.7 Å². The summed E-state index contributed by atoms with van der Waals surface area (Å²) in [6, 6.07) is 0. The van der Waals surface area contributed by atoms with Gasteiger partial charge in [0.2, 0.25) is 0 Å². The highest BCUT2D eigenvalue weighted by atomic mass is 28.4. The molecule has 1 saturated heterocycles. The molecule has 1 aliphatic rings. The summed E-state index contributed by atoms with van der Waals surface area (Å²) in [6.45, 7) is 27.9. The van der Waals surface area contributed by atoms with Gasteiger partial charge in [0.15, 0.2) is 22.9 Å². The van der Waals surface area contributed by atoms with E-state index in [1.807, 2.05) is 19.9 Å². The van der Waals surface area contributed by atoms with Crippen LogP contribution in [-0.4, -0.2) is 48.3 Å². The Kier molecular flexibility index (Phi) is 8.16. The zero-order chi connectivity index (χ0) is 21.3. The van der Waals surface area contributed by atoms with Crippen molar-refractivity contribution in [1.82, 2.24) is 0 Å². The third-order valence-electron chi connectivity index (χ3n) is 6.67. The van der Waals surface area contributed by atoms with Crippen molar-refractivity contribution in [3.63, 3.8) is 0 Å². The molecule has 0 aliphatic carbocycles. The first-order chi connectivity index (χ1) is 12.0. The minimum absolute atomic E-state index is 0.0937. The lowest BCUT2D eigenvalue weighted by atomic mass is 10.2. The normalized spacial score (nSPS) is 23.9. The third kappa shape index (κ3) is 6.51. The molecule has 4 nitrogen and oxygen atoms in total. The Bertz CT molecular complexity index is 477. The predicted molar refractivity (Wildman–Crippen MR) is 119 cm³/mol. The summed E-state index contributed by atoms with van der Waals surface area (Å²) in [5.74, 6) is 0. The lowest BCUT2D eigenvalue weighted by molar-refractivity contribution is -0.0457. The van der Waals surface area contributed by atoms with Gasteiger partial charge >= 0.3 is 0 Å². The van der Waals surface area contributed by atoms with Gasteiger partial charge in [-0.25, -0.2) is 0 Å². The van der Waals surface area contributed by atoms with Gasteiger partial charge in [-0.15, -0.1) is 0 Å². The van der Waals surface area contributed by atoms with Crippen LogP contribution in [0, 0.1) is 0 Å². The molecule has 0 aromatic rings. The van der Waals surface area contributed by atoms with Crippen LogP contribution in [-0.2, 0) is 18.3 Å². The third-order valence-corrected chi connectivity index (χ3v) is 15.7. The van der Waals surface area contributed by atoms with Crippen LogP contribution >= 0.6 is 0 Å². The van der Waals surface area contributed by atoms with E-state index in [0.29, 0.717) is 13.2 Å². The predicted octanol–water partition coefficient (Wildman–Crippen LogP) is 6.11. The molecule has 6 heteroatoms. The molecule has 1 aliphatic heterocycles. The lowest BCUT2D eigenvalue weighted by Gasteiger charge is -2.38. The first-order valence-corrected chi connectivity index (χ1v) is 16.0. The second kappa shape index (κ2) is 8.80. The molecule has 1 rings (SSSR count). The van der Waals surface area contributed by atoms with Crippen molar-refractivity contribution in [3.05, 3.63) is 11.6 Å². The Morgan fingerprint density at radius 1 is 0.815 bits per heavy atom. The molecule has 0 N–H and O–H groups in total. The molecule has 0 amide bonds.